The second-order valence-corrected chi connectivity index (χ2v) is 16.0. The fraction of sp³-hybridized carbons (Fsp3) is 0.145. The number of aliphatic imine (C=N–C) groups is 1. The highest BCUT2D eigenvalue weighted by molar-refractivity contribution is 6.14. The number of hydrogen-bond donors (Lipinski definition) is 0. The minimum absolute atomic E-state index is 0.252. The van der Waals surface area contributed by atoms with Crippen LogP contribution in [-0.4, -0.2) is 10.3 Å². The average Bonchev–Trinajstić information content (AvgIpc) is 3.93. The molecule has 0 bridgehead atoms. The molecule has 11 rings (SSSR count). The highest BCUT2D eigenvalue weighted by atomic mass is 16.3. The minimum Gasteiger partial charge on any atom is -0.456 e. The van der Waals surface area contributed by atoms with Crippen LogP contribution in [0.3, 0.4) is 0 Å². The van der Waals surface area contributed by atoms with Crippen molar-refractivity contribution in [3.8, 4) is 16.8 Å². The van der Waals surface area contributed by atoms with Gasteiger partial charge in [-0.05, 0) is 113 Å². The van der Waals surface area contributed by atoms with Crippen LogP contribution in [0.5, 0.6) is 0 Å². The second-order valence-electron chi connectivity index (χ2n) is 16.0. The molecule has 0 amide bonds. The number of rotatable bonds is 7. The first kappa shape index (κ1) is 34.5. The Hall–Kier alpha value is -6.71. The maximum absolute atomic E-state index is 6.24. The van der Waals surface area contributed by atoms with Gasteiger partial charge in [0.2, 0.25) is 0 Å². The molecule has 3 nitrogen and oxygen atoms in total. The Bertz CT molecular complexity index is 3140. The SMILES string of the molecule is CCC1=C(c2ccccc2)N=C(CCC2c3ccccc3-c3ccc4c(c32)c2ccccc2n4-c2ccccc2)C(C)CC=C1c1ccc2oc3ccccc3c2c1. The molecule has 3 heteroatoms. The maximum atomic E-state index is 6.24. The molecule has 1 aliphatic heterocycles. The van der Waals surface area contributed by atoms with E-state index in [1.165, 1.54) is 77.7 Å². The highest BCUT2D eigenvalue weighted by Crippen LogP contribution is 2.52. The maximum Gasteiger partial charge on any atom is 0.135 e. The van der Waals surface area contributed by atoms with Crippen LogP contribution in [0.15, 0.2) is 185 Å². The molecule has 0 spiro atoms. The molecule has 2 atom stereocenters. The highest BCUT2D eigenvalue weighted by Gasteiger charge is 2.33. The van der Waals surface area contributed by atoms with Crippen LogP contribution in [0.2, 0.25) is 0 Å². The third kappa shape index (κ3) is 5.52. The molecule has 7 aromatic carbocycles. The summed E-state index contributed by atoms with van der Waals surface area (Å²) in [5.74, 6) is 0.528. The van der Waals surface area contributed by atoms with Crippen molar-refractivity contribution >= 4 is 60.7 Å². The van der Waals surface area contributed by atoms with Gasteiger partial charge in [-0.3, -0.25) is 4.99 Å². The van der Waals surface area contributed by atoms with Gasteiger partial charge in [-0.1, -0.05) is 141 Å². The Morgan fingerprint density at radius 3 is 2.21 bits per heavy atom. The van der Waals surface area contributed by atoms with E-state index in [9.17, 15) is 0 Å². The number of para-hydroxylation sites is 3. The quantitative estimate of drug-likeness (QED) is 0.160. The monoisotopic (exact) mass is 748 g/mol. The lowest BCUT2D eigenvalue weighted by Crippen LogP contribution is -2.15. The Labute approximate surface area is 339 Å². The smallest absolute Gasteiger partial charge is 0.135 e. The zero-order valence-electron chi connectivity index (χ0n) is 33.0. The standard InChI is InChI=1S/C55H44N2O/c1-3-39-40(37-27-33-52-47(34-37)43-22-13-15-25-51(43)58-52)28-26-35(2)48(56-55(39)36-16-6-4-7-17-36)31-29-44-41-20-10-11-21-42(41)45-30-32-50-54(53(44)45)46-23-12-14-24-49(46)57(50)38-18-8-5-9-19-38/h4-25,27-28,30,32-35,44H,3,26,29,31H2,1-2H3. The van der Waals surface area contributed by atoms with Gasteiger partial charge < -0.3 is 8.98 Å². The first-order chi connectivity index (χ1) is 28.7. The summed E-state index contributed by atoms with van der Waals surface area (Å²) in [6.45, 7) is 4.66. The first-order valence-electron chi connectivity index (χ1n) is 20.8. The van der Waals surface area contributed by atoms with Crippen molar-refractivity contribution in [2.24, 2.45) is 10.9 Å². The molecule has 2 unspecified atom stereocenters. The second kappa shape index (κ2) is 14.0. The Morgan fingerprint density at radius 2 is 1.36 bits per heavy atom. The van der Waals surface area contributed by atoms with Crippen molar-refractivity contribution in [1.82, 2.24) is 4.57 Å². The molecule has 0 saturated heterocycles. The minimum atomic E-state index is 0.252. The zero-order chi connectivity index (χ0) is 38.7. The predicted octanol–water partition coefficient (Wildman–Crippen LogP) is 15.0. The van der Waals surface area contributed by atoms with Crippen LogP contribution in [0, 0.1) is 5.92 Å². The van der Waals surface area contributed by atoms with Gasteiger partial charge in [0.1, 0.15) is 11.2 Å². The molecular weight excluding hydrogens is 705 g/mol. The number of aromatic nitrogens is 1. The van der Waals surface area contributed by atoms with E-state index in [1.54, 1.807) is 0 Å². The van der Waals surface area contributed by atoms with Crippen molar-refractivity contribution in [2.75, 3.05) is 0 Å². The topological polar surface area (TPSA) is 30.4 Å². The molecule has 0 saturated carbocycles. The average molecular weight is 749 g/mol. The molecule has 58 heavy (non-hydrogen) atoms. The van der Waals surface area contributed by atoms with Crippen LogP contribution < -0.4 is 0 Å². The van der Waals surface area contributed by atoms with Crippen molar-refractivity contribution in [1.29, 1.82) is 0 Å². The third-order valence-corrected chi connectivity index (χ3v) is 12.8. The van der Waals surface area contributed by atoms with Gasteiger partial charge in [-0.15, -0.1) is 0 Å². The van der Waals surface area contributed by atoms with Crippen LogP contribution in [0.25, 0.3) is 71.8 Å². The zero-order valence-corrected chi connectivity index (χ0v) is 33.0. The van der Waals surface area contributed by atoms with Crippen molar-refractivity contribution < 1.29 is 4.42 Å². The molecule has 1 aliphatic carbocycles. The summed E-state index contributed by atoms with van der Waals surface area (Å²) in [4.78, 5) is 5.78. The number of benzene rings is 7. The molecular formula is C55H44N2O. The predicted molar refractivity (Wildman–Crippen MR) is 244 cm³/mol. The molecule has 0 fully saturated rings. The van der Waals surface area contributed by atoms with Gasteiger partial charge in [0.05, 0.1) is 16.7 Å². The molecule has 3 heterocycles. The van der Waals surface area contributed by atoms with Crippen LogP contribution in [-0.2, 0) is 0 Å². The van der Waals surface area contributed by atoms with Gasteiger partial charge in [-0.25, -0.2) is 0 Å². The van der Waals surface area contributed by atoms with Gasteiger partial charge in [0.15, 0.2) is 0 Å². The lowest BCUT2D eigenvalue weighted by atomic mass is 9.84. The number of nitrogens with zero attached hydrogens (tertiary/aromatic N) is 2. The van der Waals surface area contributed by atoms with Crippen LogP contribution >= 0.6 is 0 Å². The normalized spacial score (nSPS) is 16.7. The molecule has 0 radical (unpaired) electrons. The summed E-state index contributed by atoms with van der Waals surface area (Å²) in [5, 5.41) is 5.00. The third-order valence-electron chi connectivity index (χ3n) is 12.8. The van der Waals surface area contributed by atoms with Crippen LogP contribution in [0.4, 0.5) is 0 Å². The van der Waals surface area contributed by atoms with E-state index in [-0.39, 0.29) is 11.8 Å². The Kier molecular flexibility index (Phi) is 8.36. The molecule has 2 aromatic heterocycles. The van der Waals surface area contributed by atoms with E-state index in [4.69, 9.17) is 9.41 Å². The number of furan rings is 1. The molecule has 280 valence electrons. The van der Waals surface area contributed by atoms with Crippen molar-refractivity contribution in [2.45, 2.75) is 45.4 Å². The Balaban J connectivity index is 1.04. The van der Waals surface area contributed by atoms with Gasteiger partial charge in [-0.2, -0.15) is 0 Å². The first-order valence-corrected chi connectivity index (χ1v) is 20.8. The van der Waals surface area contributed by atoms with Crippen molar-refractivity contribution in [3.05, 3.63) is 198 Å². The number of hydrogen-bond acceptors (Lipinski definition) is 2. The van der Waals surface area contributed by atoms with Crippen LogP contribution in [0.1, 0.15) is 67.7 Å². The van der Waals surface area contributed by atoms with E-state index < -0.39 is 0 Å². The Morgan fingerprint density at radius 1 is 0.638 bits per heavy atom. The molecule has 0 N–H and O–H groups in total. The summed E-state index contributed by atoms with van der Waals surface area (Å²) < 4.78 is 8.69. The lowest BCUT2D eigenvalue weighted by Gasteiger charge is -2.24. The number of allylic oxidation sites excluding steroid dienone is 3. The summed E-state index contributed by atoms with van der Waals surface area (Å²) >= 11 is 0. The fourth-order valence-corrected chi connectivity index (χ4v) is 10.0. The van der Waals surface area contributed by atoms with E-state index in [1.807, 2.05) is 6.07 Å². The lowest BCUT2D eigenvalue weighted by molar-refractivity contribution is 0.669. The van der Waals surface area contributed by atoms with Gasteiger partial charge in [0.25, 0.3) is 0 Å². The fourth-order valence-electron chi connectivity index (χ4n) is 10.0. The number of fused-ring (bicyclic) bond motifs is 10. The van der Waals surface area contributed by atoms with Gasteiger partial charge >= 0.3 is 0 Å². The van der Waals surface area contributed by atoms with E-state index >= 15 is 0 Å². The van der Waals surface area contributed by atoms with Crippen molar-refractivity contribution in [3.63, 3.8) is 0 Å². The summed E-state index contributed by atoms with van der Waals surface area (Å²) in [6, 6.07) is 59.5. The molecule has 9 aromatic rings. The summed E-state index contributed by atoms with van der Waals surface area (Å²) in [7, 11) is 0. The summed E-state index contributed by atoms with van der Waals surface area (Å²) in [5.41, 5.74) is 18.5. The molecule has 2 aliphatic rings. The summed E-state index contributed by atoms with van der Waals surface area (Å²) in [6.07, 6.45) is 6.19. The van der Waals surface area contributed by atoms with E-state index in [2.05, 4.69) is 182 Å². The van der Waals surface area contributed by atoms with E-state index in [0.717, 1.165) is 53.3 Å². The van der Waals surface area contributed by atoms with E-state index in [0.29, 0.717) is 0 Å². The van der Waals surface area contributed by atoms with Gasteiger partial charge in [0, 0.05) is 44.4 Å². The largest absolute Gasteiger partial charge is 0.456 e.